The van der Waals surface area contributed by atoms with Gasteiger partial charge in [0.2, 0.25) is 5.91 Å². The second kappa shape index (κ2) is 6.80. The molecule has 3 rings (SSSR count). The molecule has 0 saturated carbocycles. The zero-order chi connectivity index (χ0) is 15.5. The van der Waals surface area contributed by atoms with Crippen LogP contribution in [0.25, 0.3) is 4.96 Å². The fourth-order valence-electron chi connectivity index (χ4n) is 2.45. The maximum absolute atomic E-state index is 12.2. The third-order valence-electron chi connectivity index (χ3n) is 3.55. The first-order valence-electron chi connectivity index (χ1n) is 7.18. The van der Waals surface area contributed by atoms with E-state index in [4.69, 9.17) is 0 Å². The molecule has 6 nitrogen and oxygen atoms in total. The normalized spacial score (nSPS) is 18.8. The summed E-state index contributed by atoms with van der Waals surface area (Å²) in [6.45, 7) is 4.47. The monoisotopic (exact) mass is 338 g/mol. The Morgan fingerprint density at radius 3 is 3.27 bits per heavy atom. The van der Waals surface area contributed by atoms with Gasteiger partial charge in [0.05, 0.1) is 11.4 Å². The van der Waals surface area contributed by atoms with Gasteiger partial charge in [0, 0.05) is 49.1 Å². The van der Waals surface area contributed by atoms with E-state index in [1.54, 1.807) is 12.3 Å². The van der Waals surface area contributed by atoms with Crippen LogP contribution in [0.2, 0.25) is 0 Å². The van der Waals surface area contributed by atoms with E-state index < -0.39 is 0 Å². The highest BCUT2D eigenvalue weighted by Gasteiger charge is 2.20. The van der Waals surface area contributed by atoms with Crippen LogP contribution in [0.5, 0.6) is 0 Å². The summed E-state index contributed by atoms with van der Waals surface area (Å²) in [5.41, 5.74) is 0.669. The number of nitrogens with zero attached hydrogens (tertiary/aromatic N) is 3. The Morgan fingerprint density at radius 1 is 1.59 bits per heavy atom. The van der Waals surface area contributed by atoms with Gasteiger partial charge in [-0.25, -0.2) is 4.98 Å². The van der Waals surface area contributed by atoms with E-state index in [2.05, 4.69) is 17.2 Å². The Bertz CT molecular complexity index is 727. The number of thiazole rings is 1. The lowest BCUT2D eigenvalue weighted by Crippen LogP contribution is -2.51. The third-order valence-corrected chi connectivity index (χ3v) is 5.26. The van der Waals surface area contributed by atoms with Crippen LogP contribution in [0.15, 0.2) is 22.4 Å². The van der Waals surface area contributed by atoms with Crippen LogP contribution < -0.4 is 10.9 Å². The molecule has 0 spiro atoms. The molecule has 1 aliphatic heterocycles. The second-order valence-corrected chi connectivity index (χ2v) is 7.19. The van der Waals surface area contributed by atoms with Crippen LogP contribution in [0.3, 0.4) is 0 Å². The summed E-state index contributed by atoms with van der Waals surface area (Å²) in [7, 11) is 0. The molecule has 118 valence electrons. The Hall–Kier alpha value is -1.38. The van der Waals surface area contributed by atoms with E-state index in [0.29, 0.717) is 22.5 Å². The van der Waals surface area contributed by atoms with Crippen LogP contribution in [0.1, 0.15) is 12.6 Å². The average molecular weight is 338 g/mol. The van der Waals surface area contributed by atoms with Gasteiger partial charge in [-0.3, -0.25) is 14.0 Å². The predicted octanol–water partition coefficient (Wildman–Crippen LogP) is 0.809. The molecule has 0 bridgehead atoms. The summed E-state index contributed by atoms with van der Waals surface area (Å²) in [4.78, 5) is 31.1. The lowest BCUT2D eigenvalue weighted by atomic mass is 10.2. The zero-order valence-corrected chi connectivity index (χ0v) is 14.0. The van der Waals surface area contributed by atoms with Gasteiger partial charge in [-0.15, -0.1) is 23.1 Å². The summed E-state index contributed by atoms with van der Waals surface area (Å²) >= 11 is 2.95. The molecule has 1 aliphatic rings. The number of nitrogens with one attached hydrogen (secondary N) is 1. The first-order chi connectivity index (χ1) is 10.6. The summed E-state index contributed by atoms with van der Waals surface area (Å²) < 4.78 is 1.53. The molecule has 0 radical (unpaired) electrons. The van der Waals surface area contributed by atoms with Gasteiger partial charge in [0.25, 0.3) is 5.56 Å². The van der Waals surface area contributed by atoms with Crippen molar-refractivity contribution in [3.63, 3.8) is 0 Å². The first kappa shape index (κ1) is 15.5. The standard InChI is InChI=1S/C14H18N4O2S2/c1-10-7-17(3-2-15-10)13(20)9-21-8-11-6-12(19)18-4-5-22-14(18)16-11/h4-6,10,15H,2-3,7-9H2,1H3. The number of aromatic nitrogens is 2. The molecule has 1 amide bonds. The van der Waals surface area contributed by atoms with Gasteiger partial charge in [0.15, 0.2) is 4.96 Å². The molecule has 0 aliphatic carbocycles. The largest absolute Gasteiger partial charge is 0.339 e. The maximum Gasteiger partial charge on any atom is 0.258 e. The van der Waals surface area contributed by atoms with Gasteiger partial charge >= 0.3 is 0 Å². The van der Waals surface area contributed by atoms with E-state index in [-0.39, 0.29) is 11.5 Å². The first-order valence-corrected chi connectivity index (χ1v) is 9.21. The summed E-state index contributed by atoms with van der Waals surface area (Å²) in [6.07, 6.45) is 1.72. The highest BCUT2D eigenvalue weighted by molar-refractivity contribution is 7.99. The number of hydrogen-bond acceptors (Lipinski definition) is 6. The molecule has 8 heteroatoms. The van der Waals surface area contributed by atoms with Crippen LogP contribution in [-0.4, -0.2) is 51.6 Å². The number of amides is 1. The average Bonchev–Trinajstić information content (AvgIpc) is 2.96. The Balaban J connectivity index is 1.55. The van der Waals surface area contributed by atoms with Crippen LogP contribution >= 0.6 is 23.1 Å². The number of carbonyl (C=O) groups is 1. The minimum Gasteiger partial charge on any atom is -0.339 e. The van der Waals surface area contributed by atoms with Crippen LogP contribution in [0.4, 0.5) is 0 Å². The number of fused-ring (bicyclic) bond motifs is 1. The van der Waals surface area contributed by atoms with E-state index in [1.807, 2.05) is 10.3 Å². The fourth-order valence-corrected chi connectivity index (χ4v) is 4.01. The van der Waals surface area contributed by atoms with Crippen molar-refractivity contribution in [3.8, 4) is 0 Å². The van der Waals surface area contributed by atoms with Gasteiger partial charge in [-0.05, 0) is 6.92 Å². The number of thioether (sulfide) groups is 1. The van der Waals surface area contributed by atoms with E-state index in [9.17, 15) is 9.59 Å². The topological polar surface area (TPSA) is 66.7 Å². The molecular formula is C14H18N4O2S2. The van der Waals surface area contributed by atoms with Crippen molar-refractivity contribution >= 4 is 34.0 Å². The minimum atomic E-state index is -0.0656. The van der Waals surface area contributed by atoms with E-state index >= 15 is 0 Å². The smallest absolute Gasteiger partial charge is 0.258 e. The molecule has 0 aromatic carbocycles. The minimum absolute atomic E-state index is 0.0656. The molecule has 1 saturated heterocycles. The highest BCUT2D eigenvalue weighted by Crippen LogP contribution is 2.13. The number of piperazine rings is 1. The summed E-state index contributed by atoms with van der Waals surface area (Å²) in [6, 6.07) is 1.90. The van der Waals surface area contributed by atoms with Crippen molar-refractivity contribution in [2.24, 2.45) is 0 Å². The molecule has 3 heterocycles. The van der Waals surface area contributed by atoms with Gasteiger partial charge < -0.3 is 10.2 Å². The number of hydrogen-bond donors (Lipinski definition) is 1. The Morgan fingerprint density at radius 2 is 2.45 bits per heavy atom. The fraction of sp³-hybridized carbons (Fsp3) is 0.500. The number of carbonyl (C=O) groups excluding carboxylic acids is 1. The Kier molecular flexibility index (Phi) is 4.80. The molecule has 2 aromatic rings. The molecule has 22 heavy (non-hydrogen) atoms. The number of rotatable bonds is 4. The molecule has 1 fully saturated rings. The maximum atomic E-state index is 12.2. The second-order valence-electron chi connectivity index (χ2n) is 5.33. The van der Waals surface area contributed by atoms with Gasteiger partial charge in [-0.1, -0.05) is 0 Å². The lowest BCUT2D eigenvalue weighted by molar-refractivity contribution is -0.129. The quantitative estimate of drug-likeness (QED) is 0.894. The van der Waals surface area contributed by atoms with Crippen molar-refractivity contribution in [2.75, 3.05) is 25.4 Å². The zero-order valence-electron chi connectivity index (χ0n) is 12.3. The molecule has 1 unspecified atom stereocenters. The van der Waals surface area contributed by atoms with Crippen LogP contribution in [0, 0.1) is 0 Å². The van der Waals surface area contributed by atoms with Crippen molar-refractivity contribution in [1.82, 2.24) is 19.6 Å². The van der Waals surface area contributed by atoms with Crippen molar-refractivity contribution in [2.45, 2.75) is 18.7 Å². The van der Waals surface area contributed by atoms with Crippen molar-refractivity contribution < 1.29 is 4.79 Å². The molecular weight excluding hydrogens is 320 g/mol. The summed E-state index contributed by atoms with van der Waals surface area (Å²) in [5.74, 6) is 1.17. The van der Waals surface area contributed by atoms with Gasteiger partial charge in [0.1, 0.15) is 0 Å². The molecule has 1 atom stereocenters. The lowest BCUT2D eigenvalue weighted by Gasteiger charge is -2.31. The molecule has 1 N–H and O–H groups in total. The third kappa shape index (κ3) is 3.50. The predicted molar refractivity (Wildman–Crippen MR) is 89.5 cm³/mol. The van der Waals surface area contributed by atoms with Crippen molar-refractivity contribution in [1.29, 1.82) is 0 Å². The van der Waals surface area contributed by atoms with Crippen LogP contribution in [-0.2, 0) is 10.5 Å². The van der Waals surface area contributed by atoms with E-state index in [1.165, 1.54) is 27.5 Å². The summed E-state index contributed by atoms with van der Waals surface area (Å²) in [5, 5.41) is 5.17. The highest BCUT2D eigenvalue weighted by atomic mass is 32.2. The molecule has 2 aromatic heterocycles. The van der Waals surface area contributed by atoms with E-state index in [0.717, 1.165) is 25.3 Å². The van der Waals surface area contributed by atoms with Crippen molar-refractivity contribution in [3.05, 3.63) is 33.7 Å². The Labute approximate surface area is 136 Å². The van der Waals surface area contributed by atoms with Gasteiger partial charge in [-0.2, -0.15) is 0 Å². The SMILES string of the molecule is CC1CN(C(=O)CSCc2cc(=O)n3ccsc3n2)CCN1.